The van der Waals surface area contributed by atoms with Crippen molar-refractivity contribution in [3.63, 3.8) is 0 Å². The van der Waals surface area contributed by atoms with Crippen molar-refractivity contribution in [3.8, 4) is 0 Å². The summed E-state index contributed by atoms with van der Waals surface area (Å²) in [4.78, 5) is 0. The van der Waals surface area contributed by atoms with Crippen LogP contribution in [0, 0.1) is 6.92 Å². The number of rotatable bonds is 1. The van der Waals surface area contributed by atoms with Crippen LogP contribution < -0.4 is 10.1 Å². The molecular weight excluding hydrogens is 221 g/mol. The molecule has 0 saturated carbocycles. The second-order valence-electron chi connectivity index (χ2n) is 2.58. The van der Waals surface area contributed by atoms with E-state index in [1.54, 1.807) is 6.92 Å². The van der Waals surface area contributed by atoms with Crippen molar-refractivity contribution in [2.24, 2.45) is 0 Å². The summed E-state index contributed by atoms with van der Waals surface area (Å²) >= 11 is -4.72. The van der Waals surface area contributed by atoms with Gasteiger partial charge in [-0.15, -0.1) is 0 Å². The molecular formula is C7H10AsNO3. The van der Waals surface area contributed by atoms with Gasteiger partial charge < -0.3 is 0 Å². The molecule has 0 heterocycles. The predicted molar refractivity (Wildman–Crippen MR) is 46.1 cm³/mol. The maximum atomic E-state index is 10.8. The Bertz CT molecular complexity index is 345. The van der Waals surface area contributed by atoms with Crippen LogP contribution in [0.3, 0.4) is 0 Å². The van der Waals surface area contributed by atoms with Crippen molar-refractivity contribution in [2.75, 3.05) is 5.73 Å². The second-order valence-corrected chi connectivity index (χ2v) is 5.95. The first-order chi connectivity index (χ1) is 5.41. The Hall–Kier alpha value is -0.702. The number of nitrogens with two attached hydrogens (primary N) is 1. The fourth-order valence-corrected chi connectivity index (χ4v) is 2.16. The monoisotopic (exact) mass is 231 g/mol. The van der Waals surface area contributed by atoms with Gasteiger partial charge in [-0.05, 0) is 0 Å². The van der Waals surface area contributed by atoms with Gasteiger partial charge in [0.15, 0.2) is 0 Å². The molecule has 0 amide bonds. The average Bonchev–Trinajstić information content (AvgIpc) is 1.92. The van der Waals surface area contributed by atoms with E-state index >= 15 is 0 Å². The van der Waals surface area contributed by atoms with Crippen LogP contribution in [0.15, 0.2) is 18.2 Å². The first-order valence-electron chi connectivity index (χ1n) is 3.33. The molecule has 0 spiro atoms. The maximum absolute atomic E-state index is 10.8. The molecule has 66 valence electrons. The Balaban J connectivity index is 3.23. The quantitative estimate of drug-likeness (QED) is 0.433. The number of hydrogen-bond donors (Lipinski definition) is 3. The summed E-state index contributed by atoms with van der Waals surface area (Å²) in [5.74, 6) is 0. The first-order valence-corrected chi connectivity index (χ1v) is 6.72. The zero-order valence-corrected chi connectivity index (χ0v) is 8.44. The van der Waals surface area contributed by atoms with Gasteiger partial charge in [-0.3, -0.25) is 0 Å². The van der Waals surface area contributed by atoms with E-state index < -0.39 is 14.2 Å². The van der Waals surface area contributed by atoms with Gasteiger partial charge in [0.1, 0.15) is 0 Å². The van der Waals surface area contributed by atoms with Crippen LogP contribution in [0.5, 0.6) is 0 Å². The van der Waals surface area contributed by atoms with Crippen molar-refractivity contribution in [1.82, 2.24) is 0 Å². The molecule has 1 aromatic carbocycles. The van der Waals surface area contributed by atoms with E-state index in [0.717, 1.165) is 0 Å². The van der Waals surface area contributed by atoms with Gasteiger partial charge in [0, 0.05) is 0 Å². The summed E-state index contributed by atoms with van der Waals surface area (Å²) in [5, 5.41) is 0. The third-order valence-corrected chi connectivity index (χ3v) is 3.58. The van der Waals surface area contributed by atoms with Gasteiger partial charge in [0.25, 0.3) is 0 Å². The van der Waals surface area contributed by atoms with Crippen LogP contribution in [0.4, 0.5) is 5.69 Å². The predicted octanol–water partition coefficient (Wildman–Crippen LogP) is -0.862. The molecule has 0 saturated heterocycles. The van der Waals surface area contributed by atoms with Crippen molar-refractivity contribution < 1.29 is 11.9 Å². The standard InChI is InChI=1S/C7H10AsNO3/c1-5-4-6(8(10,11)12)2-3-7(5)9/h2-4H,9H2,1H3,(H2,10,11,12). The summed E-state index contributed by atoms with van der Waals surface area (Å²) in [6.07, 6.45) is 0. The molecule has 0 aromatic heterocycles. The van der Waals surface area contributed by atoms with Gasteiger partial charge in [-0.2, -0.15) is 0 Å². The number of aryl methyl sites for hydroxylation is 1. The molecule has 0 aliphatic heterocycles. The Morgan fingerprint density at radius 3 is 2.42 bits per heavy atom. The molecule has 4 N–H and O–H groups in total. The van der Waals surface area contributed by atoms with Gasteiger partial charge in [0.05, 0.1) is 0 Å². The second kappa shape index (κ2) is 2.98. The zero-order valence-electron chi connectivity index (χ0n) is 6.56. The number of anilines is 1. The van der Waals surface area contributed by atoms with Crippen molar-refractivity contribution in [2.45, 2.75) is 6.92 Å². The van der Waals surface area contributed by atoms with Gasteiger partial charge in [0.2, 0.25) is 0 Å². The number of nitrogen functional groups attached to an aromatic ring is 1. The van der Waals surface area contributed by atoms with Crippen LogP contribution >= 0.6 is 0 Å². The molecule has 5 heteroatoms. The number of benzene rings is 1. The topological polar surface area (TPSA) is 83.5 Å². The van der Waals surface area contributed by atoms with E-state index in [0.29, 0.717) is 11.3 Å². The van der Waals surface area contributed by atoms with Crippen LogP contribution in [0.2, 0.25) is 0 Å². The molecule has 0 fully saturated rings. The van der Waals surface area contributed by atoms with Crippen molar-refractivity contribution >= 4 is 24.2 Å². The fraction of sp³-hybridized carbons (Fsp3) is 0.143. The van der Waals surface area contributed by atoms with Crippen molar-refractivity contribution in [3.05, 3.63) is 23.8 Å². The normalized spacial score (nSPS) is 11.6. The van der Waals surface area contributed by atoms with Crippen LogP contribution in [-0.2, 0) is 3.74 Å². The van der Waals surface area contributed by atoms with E-state index in [-0.39, 0.29) is 4.35 Å². The molecule has 0 aliphatic rings. The summed E-state index contributed by atoms with van der Waals surface area (Å²) < 4.78 is 28.6. The van der Waals surface area contributed by atoms with Gasteiger partial charge in [-0.1, -0.05) is 0 Å². The summed E-state index contributed by atoms with van der Waals surface area (Å²) in [7, 11) is 0. The van der Waals surface area contributed by atoms with Gasteiger partial charge >= 0.3 is 72.6 Å². The molecule has 4 nitrogen and oxygen atoms in total. The number of hydrogen-bond acceptors (Lipinski definition) is 2. The van der Waals surface area contributed by atoms with Crippen molar-refractivity contribution in [1.29, 1.82) is 0 Å². The molecule has 0 radical (unpaired) electrons. The molecule has 1 rings (SSSR count). The van der Waals surface area contributed by atoms with E-state index in [4.69, 9.17) is 13.9 Å². The van der Waals surface area contributed by atoms with E-state index in [1.807, 2.05) is 0 Å². The van der Waals surface area contributed by atoms with Crippen LogP contribution in [-0.4, -0.2) is 22.4 Å². The molecule has 0 unspecified atom stereocenters. The average molecular weight is 231 g/mol. The van der Waals surface area contributed by atoms with E-state index in [9.17, 15) is 3.74 Å². The Morgan fingerprint density at radius 2 is 2.00 bits per heavy atom. The summed E-state index contributed by atoms with van der Waals surface area (Å²) in [6, 6.07) is 4.29. The molecule has 12 heavy (non-hydrogen) atoms. The molecule has 0 aliphatic carbocycles. The zero-order chi connectivity index (χ0) is 9.35. The first kappa shape index (κ1) is 9.39. The Kier molecular flexibility index (Phi) is 2.33. The van der Waals surface area contributed by atoms with Gasteiger partial charge in [-0.25, -0.2) is 0 Å². The third kappa shape index (κ3) is 1.91. The summed E-state index contributed by atoms with van der Waals surface area (Å²) in [5.41, 5.74) is 6.72. The third-order valence-electron chi connectivity index (χ3n) is 1.59. The minimum absolute atomic E-state index is 0.0693. The SMILES string of the molecule is Cc1cc([As](=O)(O)O)ccc1N. The minimum atomic E-state index is -4.72. The Labute approximate surface area is 73.0 Å². The molecule has 0 bridgehead atoms. The molecule has 0 atom stereocenters. The van der Waals surface area contributed by atoms with E-state index in [1.165, 1.54) is 18.2 Å². The summed E-state index contributed by atoms with van der Waals surface area (Å²) in [6.45, 7) is 1.71. The Morgan fingerprint density at radius 1 is 1.42 bits per heavy atom. The van der Waals surface area contributed by atoms with E-state index in [2.05, 4.69) is 0 Å². The van der Waals surface area contributed by atoms with Crippen LogP contribution in [0.1, 0.15) is 5.56 Å². The fourth-order valence-electron chi connectivity index (χ4n) is 0.841. The van der Waals surface area contributed by atoms with Crippen LogP contribution in [0.25, 0.3) is 0 Å². The molecule has 1 aromatic rings.